The van der Waals surface area contributed by atoms with E-state index in [1.54, 1.807) is 0 Å². The lowest BCUT2D eigenvalue weighted by atomic mass is 9.96. The highest BCUT2D eigenvalue weighted by atomic mass is 16.5. The highest BCUT2D eigenvalue weighted by Gasteiger charge is 2.21. The molecule has 2 aliphatic rings. The van der Waals surface area contributed by atoms with Gasteiger partial charge in [0.15, 0.2) is 0 Å². The minimum absolute atomic E-state index is 0.136. The van der Waals surface area contributed by atoms with Gasteiger partial charge in [-0.1, -0.05) is 12.8 Å². The molecule has 1 atom stereocenters. The van der Waals surface area contributed by atoms with Crippen molar-refractivity contribution in [2.24, 2.45) is 0 Å². The fourth-order valence-corrected chi connectivity index (χ4v) is 2.27. The van der Waals surface area contributed by atoms with E-state index in [0.29, 0.717) is 12.2 Å². The van der Waals surface area contributed by atoms with Crippen LogP contribution in [0.15, 0.2) is 0 Å². The molecular formula is C13H23O2. The summed E-state index contributed by atoms with van der Waals surface area (Å²) in [5.41, 5.74) is 0. The number of hydrogen-bond acceptors (Lipinski definition) is 2. The molecule has 1 radical (unpaired) electrons. The molecule has 0 bridgehead atoms. The summed E-state index contributed by atoms with van der Waals surface area (Å²) in [7, 11) is 0. The smallest absolute Gasteiger partial charge is 0.0601 e. The van der Waals surface area contributed by atoms with Crippen LogP contribution in [0.2, 0.25) is 0 Å². The molecule has 2 rings (SSSR count). The average Bonchev–Trinajstić information content (AvgIpc) is 2.64. The molecular weight excluding hydrogens is 188 g/mol. The van der Waals surface area contributed by atoms with E-state index in [4.69, 9.17) is 9.47 Å². The molecule has 2 heteroatoms. The lowest BCUT2D eigenvalue weighted by Gasteiger charge is -2.29. The van der Waals surface area contributed by atoms with Crippen molar-refractivity contribution < 1.29 is 9.47 Å². The Bertz CT molecular complexity index is 171. The lowest BCUT2D eigenvalue weighted by molar-refractivity contribution is -0.0492. The molecule has 0 saturated heterocycles. The van der Waals surface area contributed by atoms with Crippen molar-refractivity contribution >= 4 is 0 Å². The summed E-state index contributed by atoms with van der Waals surface area (Å²) in [6, 6.07) is 0. The summed E-state index contributed by atoms with van der Waals surface area (Å²) in [4.78, 5) is 0. The maximum atomic E-state index is 5.79. The average molecular weight is 211 g/mol. The van der Waals surface area contributed by atoms with Crippen molar-refractivity contribution in [2.45, 2.75) is 69.7 Å². The SMILES string of the molecule is [CH2]C(CCOC1CCCC1)OC1CCC1. The van der Waals surface area contributed by atoms with Crippen molar-refractivity contribution in [3.8, 4) is 0 Å². The normalized spacial score (nSPS) is 25.4. The molecule has 0 aromatic heterocycles. The van der Waals surface area contributed by atoms with Gasteiger partial charge in [-0.15, -0.1) is 0 Å². The Morgan fingerprint density at radius 2 is 1.67 bits per heavy atom. The van der Waals surface area contributed by atoms with E-state index in [9.17, 15) is 0 Å². The van der Waals surface area contributed by atoms with Crippen LogP contribution in [-0.2, 0) is 9.47 Å². The van der Waals surface area contributed by atoms with E-state index in [2.05, 4.69) is 6.92 Å². The molecule has 2 aliphatic carbocycles. The van der Waals surface area contributed by atoms with Crippen LogP contribution < -0.4 is 0 Å². The minimum Gasteiger partial charge on any atom is -0.378 e. The van der Waals surface area contributed by atoms with Crippen LogP contribution in [0.25, 0.3) is 0 Å². The first-order valence-electron chi connectivity index (χ1n) is 6.45. The molecule has 2 fully saturated rings. The minimum atomic E-state index is 0.136. The molecule has 2 nitrogen and oxygen atoms in total. The van der Waals surface area contributed by atoms with Crippen LogP contribution in [0, 0.1) is 6.92 Å². The van der Waals surface area contributed by atoms with Crippen LogP contribution in [0.1, 0.15) is 51.4 Å². The highest BCUT2D eigenvalue weighted by Crippen LogP contribution is 2.24. The molecule has 0 heterocycles. The van der Waals surface area contributed by atoms with Gasteiger partial charge in [0.05, 0.1) is 18.3 Å². The molecule has 0 aliphatic heterocycles. The Balaban J connectivity index is 1.48. The van der Waals surface area contributed by atoms with Crippen molar-refractivity contribution in [1.29, 1.82) is 0 Å². The van der Waals surface area contributed by atoms with E-state index in [1.807, 2.05) is 0 Å². The van der Waals surface area contributed by atoms with Gasteiger partial charge in [0.2, 0.25) is 0 Å². The van der Waals surface area contributed by atoms with Gasteiger partial charge in [-0.2, -0.15) is 0 Å². The molecule has 87 valence electrons. The van der Waals surface area contributed by atoms with E-state index in [1.165, 1.54) is 44.9 Å². The summed E-state index contributed by atoms with van der Waals surface area (Å²) in [6.45, 7) is 4.85. The first-order valence-corrected chi connectivity index (χ1v) is 6.45. The Kier molecular flexibility index (Phi) is 4.45. The van der Waals surface area contributed by atoms with E-state index in [-0.39, 0.29) is 6.10 Å². The summed E-state index contributed by atoms with van der Waals surface area (Å²) >= 11 is 0. The van der Waals surface area contributed by atoms with Crippen LogP contribution >= 0.6 is 0 Å². The zero-order valence-corrected chi connectivity index (χ0v) is 9.62. The molecule has 0 aromatic rings. The largest absolute Gasteiger partial charge is 0.378 e. The van der Waals surface area contributed by atoms with Gasteiger partial charge in [-0.3, -0.25) is 0 Å². The third-order valence-corrected chi connectivity index (χ3v) is 3.53. The third-order valence-electron chi connectivity index (χ3n) is 3.53. The second-order valence-electron chi connectivity index (χ2n) is 4.88. The van der Waals surface area contributed by atoms with Gasteiger partial charge in [0.25, 0.3) is 0 Å². The fraction of sp³-hybridized carbons (Fsp3) is 0.923. The van der Waals surface area contributed by atoms with E-state index in [0.717, 1.165) is 13.0 Å². The van der Waals surface area contributed by atoms with Crippen LogP contribution in [0.5, 0.6) is 0 Å². The zero-order chi connectivity index (χ0) is 10.5. The van der Waals surface area contributed by atoms with Crippen molar-refractivity contribution in [2.75, 3.05) is 6.61 Å². The molecule has 2 saturated carbocycles. The topological polar surface area (TPSA) is 18.5 Å². The van der Waals surface area contributed by atoms with Crippen LogP contribution in [0.3, 0.4) is 0 Å². The Labute approximate surface area is 93.3 Å². The standard InChI is InChI=1S/C13H23O2/c1-11(15-13-7-4-8-13)9-10-14-12-5-2-3-6-12/h11-13H,1-10H2. The van der Waals surface area contributed by atoms with E-state index < -0.39 is 0 Å². The van der Waals surface area contributed by atoms with Crippen molar-refractivity contribution in [3.05, 3.63) is 6.92 Å². The molecule has 0 aromatic carbocycles. The van der Waals surface area contributed by atoms with Gasteiger partial charge in [-0.05, 0) is 45.4 Å². The third kappa shape index (κ3) is 3.76. The first kappa shape index (κ1) is 11.4. The molecule has 0 spiro atoms. The second-order valence-corrected chi connectivity index (χ2v) is 4.88. The maximum absolute atomic E-state index is 5.79. The van der Waals surface area contributed by atoms with Gasteiger partial charge < -0.3 is 9.47 Å². The number of hydrogen-bond donors (Lipinski definition) is 0. The fourth-order valence-electron chi connectivity index (χ4n) is 2.27. The summed E-state index contributed by atoms with van der Waals surface area (Å²) in [5.74, 6) is 0. The Hall–Kier alpha value is -0.0800. The molecule has 0 N–H and O–H groups in total. The monoisotopic (exact) mass is 211 g/mol. The highest BCUT2D eigenvalue weighted by molar-refractivity contribution is 4.73. The second kappa shape index (κ2) is 5.86. The quantitative estimate of drug-likeness (QED) is 0.672. The predicted octanol–water partition coefficient (Wildman–Crippen LogP) is 3.11. The van der Waals surface area contributed by atoms with Crippen LogP contribution in [-0.4, -0.2) is 24.9 Å². The van der Waals surface area contributed by atoms with Gasteiger partial charge in [0, 0.05) is 6.61 Å². The van der Waals surface area contributed by atoms with E-state index >= 15 is 0 Å². The van der Waals surface area contributed by atoms with Crippen molar-refractivity contribution in [3.63, 3.8) is 0 Å². The summed E-state index contributed by atoms with van der Waals surface area (Å²) in [6.07, 6.45) is 11.1. The zero-order valence-electron chi connectivity index (χ0n) is 9.62. The summed E-state index contributed by atoms with van der Waals surface area (Å²) in [5, 5.41) is 0. The van der Waals surface area contributed by atoms with Crippen molar-refractivity contribution in [1.82, 2.24) is 0 Å². The first-order chi connectivity index (χ1) is 7.34. The Morgan fingerprint density at radius 1 is 1.00 bits per heavy atom. The maximum Gasteiger partial charge on any atom is 0.0601 e. The molecule has 1 unspecified atom stereocenters. The van der Waals surface area contributed by atoms with Gasteiger partial charge >= 0.3 is 0 Å². The lowest BCUT2D eigenvalue weighted by Crippen LogP contribution is -2.27. The Morgan fingerprint density at radius 3 is 2.27 bits per heavy atom. The van der Waals surface area contributed by atoms with Gasteiger partial charge in [0.1, 0.15) is 0 Å². The van der Waals surface area contributed by atoms with Crippen LogP contribution in [0.4, 0.5) is 0 Å². The summed E-state index contributed by atoms with van der Waals surface area (Å²) < 4.78 is 11.5. The number of rotatable bonds is 6. The predicted molar refractivity (Wildman–Crippen MR) is 60.7 cm³/mol. The van der Waals surface area contributed by atoms with Gasteiger partial charge in [-0.25, -0.2) is 0 Å². The number of ether oxygens (including phenoxy) is 2. The molecule has 15 heavy (non-hydrogen) atoms. The molecule has 0 amide bonds.